The average molecular weight is 266 g/mol. The number of benzene rings is 1. The Balaban J connectivity index is 1.83. The lowest BCUT2D eigenvalue weighted by molar-refractivity contribution is 0.130. The van der Waals surface area contributed by atoms with Crippen molar-refractivity contribution in [3.8, 4) is 5.75 Å². The van der Waals surface area contributed by atoms with Crippen LogP contribution in [0.25, 0.3) is 0 Å². The average Bonchev–Trinajstić information content (AvgIpc) is 2.36. The second kappa shape index (κ2) is 6.35. The maximum Gasteiger partial charge on any atom is 0.165 e. The van der Waals surface area contributed by atoms with Crippen molar-refractivity contribution in [2.24, 2.45) is 5.41 Å². The molecule has 4 heteroatoms. The summed E-state index contributed by atoms with van der Waals surface area (Å²) < 4.78 is 18.5. The van der Waals surface area contributed by atoms with Gasteiger partial charge in [0.05, 0.1) is 7.11 Å². The first-order valence-corrected chi connectivity index (χ1v) is 6.87. The Bertz CT molecular complexity index is 419. The molecule has 0 radical (unpaired) electrons. The topological polar surface area (TPSA) is 33.3 Å². The first-order valence-electron chi connectivity index (χ1n) is 6.87. The van der Waals surface area contributed by atoms with E-state index >= 15 is 0 Å². The van der Waals surface area contributed by atoms with Crippen LogP contribution < -0.4 is 15.4 Å². The number of hydrogen-bond acceptors (Lipinski definition) is 3. The van der Waals surface area contributed by atoms with Gasteiger partial charge in [-0.25, -0.2) is 4.39 Å². The molecule has 2 N–H and O–H groups in total. The second-order valence-corrected chi connectivity index (χ2v) is 5.46. The molecule has 0 spiro atoms. The number of rotatable bonds is 7. The molecule has 0 atom stereocenters. The Labute approximate surface area is 114 Å². The van der Waals surface area contributed by atoms with Crippen LogP contribution in [-0.4, -0.2) is 27.2 Å². The van der Waals surface area contributed by atoms with Crippen LogP contribution >= 0.6 is 0 Å². The molecular weight excluding hydrogens is 243 g/mol. The van der Waals surface area contributed by atoms with Gasteiger partial charge < -0.3 is 15.4 Å². The molecule has 0 saturated heterocycles. The van der Waals surface area contributed by atoms with Gasteiger partial charge in [0.2, 0.25) is 0 Å². The van der Waals surface area contributed by atoms with E-state index in [2.05, 4.69) is 10.6 Å². The summed E-state index contributed by atoms with van der Waals surface area (Å²) in [6.07, 6.45) is 3.87. The molecule has 1 fully saturated rings. The van der Waals surface area contributed by atoms with Crippen LogP contribution in [0.1, 0.15) is 24.8 Å². The number of halogens is 1. The van der Waals surface area contributed by atoms with E-state index in [9.17, 15) is 4.39 Å². The van der Waals surface area contributed by atoms with Crippen molar-refractivity contribution in [3.63, 3.8) is 0 Å². The van der Waals surface area contributed by atoms with Crippen molar-refractivity contribution < 1.29 is 9.13 Å². The van der Waals surface area contributed by atoms with Crippen molar-refractivity contribution in [1.29, 1.82) is 0 Å². The molecule has 1 saturated carbocycles. The predicted octanol–water partition coefficient (Wildman–Crippen LogP) is 2.31. The highest BCUT2D eigenvalue weighted by atomic mass is 19.1. The summed E-state index contributed by atoms with van der Waals surface area (Å²) in [7, 11) is 3.48. The first kappa shape index (κ1) is 14.3. The zero-order chi connectivity index (χ0) is 13.7. The summed E-state index contributed by atoms with van der Waals surface area (Å²) in [5.41, 5.74) is 1.36. The molecular formula is C15H23FN2O. The Morgan fingerprint density at radius 3 is 2.63 bits per heavy atom. The molecule has 0 heterocycles. The molecule has 0 bridgehead atoms. The monoisotopic (exact) mass is 266 g/mol. The minimum atomic E-state index is -0.296. The maximum absolute atomic E-state index is 13.5. The fraction of sp³-hybridized carbons (Fsp3) is 0.600. The molecule has 1 aromatic rings. The smallest absolute Gasteiger partial charge is 0.165 e. The third-order valence-corrected chi connectivity index (χ3v) is 4.01. The fourth-order valence-electron chi connectivity index (χ4n) is 2.76. The number of methoxy groups -OCH3 is 1. The summed E-state index contributed by atoms with van der Waals surface area (Å²) in [6.45, 7) is 2.74. The molecule has 0 aliphatic heterocycles. The normalized spacial score (nSPS) is 17.0. The Morgan fingerprint density at radius 2 is 2.11 bits per heavy atom. The highest BCUT2D eigenvalue weighted by molar-refractivity contribution is 5.29. The van der Waals surface area contributed by atoms with E-state index in [0.717, 1.165) is 18.7 Å². The van der Waals surface area contributed by atoms with Gasteiger partial charge in [-0.1, -0.05) is 12.5 Å². The van der Waals surface area contributed by atoms with Gasteiger partial charge in [-0.15, -0.1) is 0 Å². The van der Waals surface area contributed by atoms with Gasteiger partial charge in [0, 0.05) is 19.6 Å². The van der Waals surface area contributed by atoms with Crippen LogP contribution in [0.4, 0.5) is 4.39 Å². The van der Waals surface area contributed by atoms with Gasteiger partial charge in [0.1, 0.15) is 0 Å². The largest absolute Gasteiger partial charge is 0.494 e. The first-order chi connectivity index (χ1) is 9.19. The van der Waals surface area contributed by atoms with E-state index in [1.54, 1.807) is 6.07 Å². The molecule has 0 aromatic heterocycles. The van der Waals surface area contributed by atoms with Gasteiger partial charge in [-0.3, -0.25) is 0 Å². The lowest BCUT2D eigenvalue weighted by atomic mass is 9.68. The Hall–Kier alpha value is -1.13. The van der Waals surface area contributed by atoms with E-state index in [1.807, 2.05) is 13.1 Å². The fourth-order valence-corrected chi connectivity index (χ4v) is 2.76. The van der Waals surface area contributed by atoms with Gasteiger partial charge >= 0.3 is 0 Å². The molecule has 1 aliphatic carbocycles. The highest BCUT2D eigenvalue weighted by Crippen LogP contribution is 2.39. The van der Waals surface area contributed by atoms with Gasteiger partial charge in [-0.2, -0.15) is 0 Å². The summed E-state index contributed by atoms with van der Waals surface area (Å²) in [6, 6.07) is 5.12. The number of hydrogen-bond donors (Lipinski definition) is 2. The van der Waals surface area contributed by atoms with Crippen LogP contribution in [0, 0.1) is 11.2 Å². The van der Waals surface area contributed by atoms with Crippen LogP contribution in [0.5, 0.6) is 5.75 Å². The molecule has 19 heavy (non-hydrogen) atoms. The van der Waals surface area contributed by atoms with Crippen molar-refractivity contribution in [1.82, 2.24) is 10.6 Å². The summed E-state index contributed by atoms with van der Waals surface area (Å²) in [5, 5.41) is 6.71. The van der Waals surface area contributed by atoms with Gasteiger partial charge in [0.25, 0.3) is 0 Å². The Kier molecular flexibility index (Phi) is 4.77. The highest BCUT2D eigenvalue weighted by Gasteiger charge is 2.35. The SMILES string of the molecule is CNCC1(CNCc2ccc(OC)c(F)c2)CCC1. The molecule has 0 amide bonds. The molecule has 0 unspecified atom stereocenters. The molecule has 1 aromatic carbocycles. The van der Waals surface area contributed by atoms with E-state index in [0.29, 0.717) is 17.7 Å². The van der Waals surface area contributed by atoms with Crippen molar-refractivity contribution >= 4 is 0 Å². The quantitative estimate of drug-likeness (QED) is 0.794. The van der Waals surface area contributed by atoms with E-state index in [4.69, 9.17) is 4.74 Å². The third kappa shape index (κ3) is 3.45. The Morgan fingerprint density at radius 1 is 1.32 bits per heavy atom. The van der Waals surface area contributed by atoms with Crippen molar-refractivity contribution in [2.75, 3.05) is 27.2 Å². The maximum atomic E-state index is 13.5. The standard InChI is InChI=1S/C15H23FN2O/c1-17-10-15(6-3-7-15)11-18-9-12-4-5-14(19-2)13(16)8-12/h4-5,8,17-18H,3,6-7,9-11H2,1-2H3. The lowest BCUT2D eigenvalue weighted by Crippen LogP contribution is -2.46. The van der Waals surface area contributed by atoms with Crippen LogP contribution in [0.3, 0.4) is 0 Å². The number of ether oxygens (including phenoxy) is 1. The van der Waals surface area contributed by atoms with Crippen molar-refractivity contribution in [3.05, 3.63) is 29.6 Å². The van der Waals surface area contributed by atoms with Crippen LogP contribution in [0.2, 0.25) is 0 Å². The summed E-state index contributed by atoms with van der Waals surface area (Å²) in [5.74, 6) is 0.00442. The summed E-state index contributed by atoms with van der Waals surface area (Å²) >= 11 is 0. The molecule has 3 nitrogen and oxygen atoms in total. The minimum absolute atomic E-state index is 0.296. The molecule has 2 rings (SSSR count). The summed E-state index contributed by atoms with van der Waals surface area (Å²) in [4.78, 5) is 0. The zero-order valence-electron chi connectivity index (χ0n) is 11.8. The molecule has 1 aliphatic rings. The van der Waals surface area contributed by atoms with Crippen molar-refractivity contribution in [2.45, 2.75) is 25.8 Å². The lowest BCUT2D eigenvalue weighted by Gasteiger charge is -2.42. The molecule has 106 valence electrons. The van der Waals surface area contributed by atoms with E-state index in [-0.39, 0.29) is 5.82 Å². The van der Waals surface area contributed by atoms with Gasteiger partial charge in [-0.05, 0) is 43.0 Å². The second-order valence-electron chi connectivity index (χ2n) is 5.46. The predicted molar refractivity (Wildman–Crippen MR) is 74.9 cm³/mol. The van der Waals surface area contributed by atoms with Gasteiger partial charge in [0.15, 0.2) is 11.6 Å². The van der Waals surface area contributed by atoms with E-state index < -0.39 is 0 Å². The van der Waals surface area contributed by atoms with Crippen LogP contribution in [-0.2, 0) is 6.54 Å². The van der Waals surface area contributed by atoms with E-state index in [1.165, 1.54) is 32.4 Å². The van der Waals surface area contributed by atoms with Crippen LogP contribution in [0.15, 0.2) is 18.2 Å². The number of nitrogens with one attached hydrogen (secondary N) is 2. The zero-order valence-corrected chi connectivity index (χ0v) is 11.8. The third-order valence-electron chi connectivity index (χ3n) is 4.01. The minimum Gasteiger partial charge on any atom is -0.494 e.